The molecule has 7 nitrogen and oxygen atoms in total. The van der Waals surface area contributed by atoms with Gasteiger partial charge in [0, 0.05) is 44.6 Å². The van der Waals surface area contributed by atoms with Gasteiger partial charge in [0.25, 0.3) is 5.91 Å². The van der Waals surface area contributed by atoms with E-state index in [1.54, 1.807) is 32.4 Å². The van der Waals surface area contributed by atoms with Crippen LogP contribution in [0.5, 0.6) is 5.75 Å². The Hall–Kier alpha value is -3.22. The van der Waals surface area contributed by atoms with Crippen molar-refractivity contribution in [3.8, 4) is 5.75 Å². The maximum atomic E-state index is 12.6. The van der Waals surface area contributed by atoms with E-state index >= 15 is 0 Å². The first-order chi connectivity index (χ1) is 13.6. The molecule has 0 radical (unpaired) electrons. The molecule has 1 aliphatic heterocycles. The van der Waals surface area contributed by atoms with Crippen molar-refractivity contribution in [2.24, 2.45) is 0 Å². The van der Waals surface area contributed by atoms with E-state index in [9.17, 15) is 9.59 Å². The molecule has 0 aliphatic carbocycles. The Morgan fingerprint density at radius 3 is 2.32 bits per heavy atom. The van der Waals surface area contributed by atoms with Gasteiger partial charge in [0.05, 0.1) is 19.2 Å². The van der Waals surface area contributed by atoms with Crippen LogP contribution in [-0.4, -0.2) is 63.6 Å². The molecule has 28 heavy (non-hydrogen) atoms. The number of benzene rings is 2. The molecule has 1 saturated heterocycles. The van der Waals surface area contributed by atoms with Gasteiger partial charge in [-0.2, -0.15) is 0 Å². The van der Waals surface area contributed by atoms with E-state index in [4.69, 9.17) is 4.74 Å². The molecule has 0 unspecified atom stereocenters. The Morgan fingerprint density at radius 2 is 1.68 bits per heavy atom. The second kappa shape index (κ2) is 9.12. The summed E-state index contributed by atoms with van der Waals surface area (Å²) in [7, 11) is 3.24. The van der Waals surface area contributed by atoms with Crippen LogP contribution in [0.15, 0.2) is 48.5 Å². The monoisotopic (exact) mass is 382 g/mol. The normalized spacial score (nSPS) is 13.8. The number of hydrogen-bond acceptors (Lipinski definition) is 5. The van der Waals surface area contributed by atoms with Crippen molar-refractivity contribution >= 4 is 23.2 Å². The van der Waals surface area contributed by atoms with Gasteiger partial charge < -0.3 is 25.2 Å². The predicted octanol–water partition coefficient (Wildman–Crippen LogP) is 1.82. The minimum atomic E-state index is -0.177. The zero-order chi connectivity index (χ0) is 19.9. The molecule has 0 aromatic heterocycles. The summed E-state index contributed by atoms with van der Waals surface area (Å²) in [6.07, 6.45) is 0. The van der Waals surface area contributed by atoms with E-state index in [1.807, 2.05) is 35.2 Å². The Labute approximate surface area is 165 Å². The first-order valence-corrected chi connectivity index (χ1v) is 9.34. The third kappa shape index (κ3) is 4.54. The number of carbonyl (C=O) groups is 2. The highest BCUT2D eigenvalue weighted by atomic mass is 16.5. The molecule has 0 bridgehead atoms. The van der Waals surface area contributed by atoms with Crippen molar-refractivity contribution in [3.63, 3.8) is 0 Å². The molecule has 148 valence electrons. The lowest BCUT2D eigenvalue weighted by molar-refractivity contribution is -0.129. The van der Waals surface area contributed by atoms with Gasteiger partial charge in [-0.05, 0) is 36.4 Å². The SMILES string of the molecule is CNC(=O)c1ccccc1NCC(=O)N1CCN(c2ccc(OC)cc2)CC1. The van der Waals surface area contributed by atoms with Crippen LogP contribution in [0.4, 0.5) is 11.4 Å². The molecule has 0 spiro atoms. The topological polar surface area (TPSA) is 73.9 Å². The highest BCUT2D eigenvalue weighted by molar-refractivity contribution is 5.99. The first-order valence-electron chi connectivity index (χ1n) is 9.34. The maximum Gasteiger partial charge on any atom is 0.253 e. The van der Waals surface area contributed by atoms with Crippen LogP contribution >= 0.6 is 0 Å². The van der Waals surface area contributed by atoms with Gasteiger partial charge >= 0.3 is 0 Å². The van der Waals surface area contributed by atoms with Crippen LogP contribution in [-0.2, 0) is 4.79 Å². The van der Waals surface area contributed by atoms with E-state index in [-0.39, 0.29) is 18.4 Å². The lowest BCUT2D eigenvalue weighted by Gasteiger charge is -2.36. The molecule has 1 heterocycles. The summed E-state index contributed by atoms with van der Waals surface area (Å²) >= 11 is 0. The maximum absolute atomic E-state index is 12.6. The van der Waals surface area contributed by atoms with Gasteiger partial charge in [-0.15, -0.1) is 0 Å². The number of nitrogens with one attached hydrogen (secondary N) is 2. The van der Waals surface area contributed by atoms with Crippen LogP contribution in [0.3, 0.4) is 0 Å². The number of para-hydroxylation sites is 1. The van der Waals surface area contributed by atoms with Gasteiger partial charge in [-0.1, -0.05) is 12.1 Å². The van der Waals surface area contributed by atoms with Gasteiger partial charge in [-0.3, -0.25) is 9.59 Å². The number of nitrogens with zero attached hydrogens (tertiary/aromatic N) is 2. The predicted molar refractivity (Wildman–Crippen MR) is 110 cm³/mol. The Bertz CT molecular complexity index is 815. The average Bonchev–Trinajstić information content (AvgIpc) is 2.77. The Morgan fingerprint density at radius 1 is 1.00 bits per heavy atom. The van der Waals surface area contributed by atoms with Crippen LogP contribution in [0.2, 0.25) is 0 Å². The minimum absolute atomic E-state index is 0.0288. The number of ether oxygens (including phenoxy) is 1. The molecule has 2 aromatic rings. The summed E-state index contributed by atoms with van der Waals surface area (Å²) < 4.78 is 5.20. The number of hydrogen-bond donors (Lipinski definition) is 2. The van der Waals surface area contributed by atoms with Crippen molar-refractivity contribution in [1.29, 1.82) is 0 Å². The number of amides is 2. The molecule has 1 fully saturated rings. The van der Waals surface area contributed by atoms with Crippen LogP contribution in [0, 0.1) is 0 Å². The molecule has 0 saturated carbocycles. The second-order valence-electron chi connectivity index (χ2n) is 6.54. The third-order valence-electron chi connectivity index (χ3n) is 4.90. The number of carbonyl (C=O) groups excluding carboxylic acids is 2. The van der Waals surface area contributed by atoms with E-state index in [2.05, 4.69) is 15.5 Å². The number of rotatable bonds is 6. The highest BCUT2D eigenvalue weighted by Crippen LogP contribution is 2.20. The molecular weight excluding hydrogens is 356 g/mol. The molecule has 3 rings (SSSR count). The smallest absolute Gasteiger partial charge is 0.253 e. The molecular formula is C21H26N4O3. The second-order valence-corrected chi connectivity index (χ2v) is 6.54. The summed E-state index contributed by atoms with van der Waals surface area (Å²) in [5, 5.41) is 5.71. The lowest BCUT2D eigenvalue weighted by Crippen LogP contribution is -2.50. The van der Waals surface area contributed by atoms with Crippen molar-refractivity contribution in [1.82, 2.24) is 10.2 Å². The third-order valence-corrected chi connectivity index (χ3v) is 4.90. The quantitative estimate of drug-likeness (QED) is 0.797. The fraction of sp³-hybridized carbons (Fsp3) is 0.333. The van der Waals surface area contributed by atoms with Crippen molar-refractivity contribution in [2.75, 3.05) is 57.1 Å². The molecule has 0 atom stereocenters. The average molecular weight is 382 g/mol. The van der Waals surface area contributed by atoms with Crippen LogP contribution < -0.4 is 20.3 Å². The lowest BCUT2D eigenvalue weighted by atomic mass is 10.1. The van der Waals surface area contributed by atoms with Gasteiger partial charge in [0.2, 0.25) is 5.91 Å². The zero-order valence-corrected chi connectivity index (χ0v) is 16.3. The molecule has 2 N–H and O–H groups in total. The summed E-state index contributed by atoms with van der Waals surface area (Å²) in [5.41, 5.74) is 2.32. The largest absolute Gasteiger partial charge is 0.497 e. The molecule has 7 heteroatoms. The zero-order valence-electron chi connectivity index (χ0n) is 16.3. The van der Waals surface area contributed by atoms with Gasteiger partial charge in [0.15, 0.2) is 0 Å². The van der Waals surface area contributed by atoms with E-state index < -0.39 is 0 Å². The number of piperazine rings is 1. The van der Waals surface area contributed by atoms with E-state index in [0.29, 0.717) is 24.3 Å². The van der Waals surface area contributed by atoms with Crippen molar-refractivity contribution in [3.05, 3.63) is 54.1 Å². The van der Waals surface area contributed by atoms with Crippen molar-refractivity contribution < 1.29 is 14.3 Å². The summed E-state index contributed by atoms with van der Waals surface area (Å²) in [4.78, 5) is 28.6. The summed E-state index contributed by atoms with van der Waals surface area (Å²) in [6.45, 7) is 3.07. The summed E-state index contributed by atoms with van der Waals surface area (Å²) in [5.74, 6) is 0.686. The molecule has 1 aliphatic rings. The molecule has 2 amide bonds. The van der Waals surface area contributed by atoms with E-state index in [1.165, 1.54) is 0 Å². The van der Waals surface area contributed by atoms with E-state index in [0.717, 1.165) is 24.5 Å². The fourth-order valence-corrected chi connectivity index (χ4v) is 3.26. The Kier molecular flexibility index (Phi) is 6.37. The fourth-order valence-electron chi connectivity index (χ4n) is 3.26. The Balaban J connectivity index is 1.52. The highest BCUT2D eigenvalue weighted by Gasteiger charge is 2.21. The van der Waals surface area contributed by atoms with Gasteiger partial charge in [-0.25, -0.2) is 0 Å². The van der Waals surface area contributed by atoms with Gasteiger partial charge in [0.1, 0.15) is 5.75 Å². The minimum Gasteiger partial charge on any atom is -0.497 e. The first kappa shape index (κ1) is 19.5. The van der Waals surface area contributed by atoms with Crippen molar-refractivity contribution in [2.45, 2.75) is 0 Å². The number of anilines is 2. The summed E-state index contributed by atoms with van der Waals surface area (Å²) in [6, 6.07) is 15.1. The van der Waals surface area contributed by atoms with Crippen LogP contribution in [0.1, 0.15) is 10.4 Å². The number of methoxy groups -OCH3 is 1. The standard InChI is InChI=1S/C21H26N4O3/c1-22-21(27)18-5-3-4-6-19(18)23-15-20(26)25-13-11-24(12-14-25)16-7-9-17(28-2)10-8-16/h3-10,23H,11-15H2,1-2H3,(H,22,27). The molecule has 2 aromatic carbocycles. The van der Waals surface area contributed by atoms with Crippen LogP contribution in [0.25, 0.3) is 0 Å².